The lowest BCUT2D eigenvalue weighted by Gasteiger charge is -1.89. The molecule has 0 fully saturated rings. The van der Waals surface area contributed by atoms with Gasteiger partial charge in [-0.2, -0.15) is 0 Å². The number of benzene rings is 2. The predicted octanol–water partition coefficient (Wildman–Crippen LogP) is 2.85. The molecule has 1 heterocycles. The number of hydrogen-bond acceptors (Lipinski definition) is 2. The Kier molecular flexibility index (Phi) is 4.20. The van der Waals surface area contributed by atoms with Crippen molar-refractivity contribution < 1.29 is 4.68 Å². The summed E-state index contributed by atoms with van der Waals surface area (Å²) in [6.45, 7) is 2.00. The van der Waals surface area contributed by atoms with Crippen LogP contribution in [0, 0.1) is 6.92 Å². The van der Waals surface area contributed by atoms with Gasteiger partial charge in [-0.25, -0.2) is 0 Å². The molecular formula is C18H17N4+. The third-order valence-electron chi connectivity index (χ3n) is 3.18. The minimum atomic E-state index is 1.01. The molecule has 108 valence electrons. The summed E-state index contributed by atoms with van der Waals surface area (Å²) in [5.74, 6) is 0. The van der Waals surface area contributed by atoms with E-state index < -0.39 is 0 Å². The molecule has 3 rings (SSSR count). The summed E-state index contributed by atoms with van der Waals surface area (Å²) in [5.41, 5.74) is 3.14. The standard InChI is InChI=1S/C18H17N4/c1-16-14-21(19-12-17-8-4-2-5-9-17)15-22(16)20-13-18-10-6-3-7-11-18/h2-15H,1H3/q+1. The Hall–Kier alpha value is -3.01. The van der Waals surface area contributed by atoms with Gasteiger partial charge < -0.3 is 0 Å². The average Bonchev–Trinajstić information content (AvgIpc) is 2.93. The van der Waals surface area contributed by atoms with E-state index in [1.54, 1.807) is 9.35 Å². The molecule has 0 aliphatic rings. The molecule has 0 atom stereocenters. The zero-order valence-corrected chi connectivity index (χ0v) is 12.4. The van der Waals surface area contributed by atoms with E-state index in [0.29, 0.717) is 0 Å². The van der Waals surface area contributed by atoms with Gasteiger partial charge in [-0.1, -0.05) is 70.9 Å². The van der Waals surface area contributed by atoms with Crippen molar-refractivity contribution in [1.29, 1.82) is 0 Å². The van der Waals surface area contributed by atoms with Crippen molar-refractivity contribution in [3.8, 4) is 0 Å². The molecule has 0 saturated heterocycles. The van der Waals surface area contributed by atoms with Crippen molar-refractivity contribution in [2.45, 2.75) is 6.92 Å². The van der Waals surface area contributed by atoms with Gasteiger partial charge in [0, 0.05) is 6.92 Å². The van der Waals surface area contributed by atoms with Crippen molar-refractivity contribution in [2.75, 3.05) is 0 Å². The normalized spacial score (nSPS) is 11.5. The summed E-state index contributed by atoms with van der Waals surface area (Å²) in [6.07, 6.45) is 7.43. The number of hydrogen-bond donors (Lipinski definition) is 0. The van der Waals surface area contributed by atoms with Crippen molar-refractivity contribution in [2.24, 2.45) is 10.2 Å². The summed E-state index contributed by atoms with van der Waals surface area (Å²) in [6, 6.07) is 20.0. The number of aryl methyl sites for hydroxylation is 1. The second kappa shape index (κ2) is 6.63. The van der Waals surface area contributed by atoms with E-state index in [1.165, 1.54) is 0 Å². The maximum absolute atomic E-state index is 4.45. The van der Waals surface area contributed by atoms with Gasteiger partial charge in [0.1, 0.15) is 0 Å². The SMILES string of the molecule is Cc1c[n+](N=Cc2ccccc2)cn1N=Cc1ccccc1. The highest BCUT2D eigenvalue weighted by Gasteiger charge is 2.07. The molecule has 4 heteroatoms. The van der Waals surface area contributed by atoms with Crippen molar-refractivity contribution in [3.05, 3.63) is 90.0 Å². The number of imidazole rings is 1. The molecular weight excluding hydrogens is 272 g/mol. The zero-order chi connectivity index (χ0) is 15.2. The van der Waals surface area contributed by atoms with Crippen LogP contribution in [0.25, 0.3) is 0 Å². The Morgan fingerprint density at radius 2 is 1.45 bits per heavy atom. The summed E-state index contributed by atoms with van der Waals surface area (Å²) in [4.78, 5) is 0. The Balaban J connectivity index is 1.76. The molecule has 0 saturated carbocycles. The fourth-order valence-corrected chi connectivity index (χ4v) is 2.01. The number of rotatable bonds is 4. The van der Waals surface area contributed by atoms with Gasteiger partial charge in [-0.3, -0.25) is 0 Å². The Morgan fingerprint density at radius 3 is 2.09 bits per heavy atom. The van der Waals surface area contributed by atoms with Gasteiger partial charge in [-0.05, 0) is 11.1 Å². The van der Waals surface area contributed by atoms with E-state index in [-0.39, 0.29) is 0 Å². The molecule has 0 aliphatic heterocycles. The third kappa shape index (κ3) is 3.55. The molecule has 0 spiro atoms. The second-order valence-corrected chi connectivity index (χ2v) is 4.92. The molecule has 22 heavy (non-hydrogen) atoms. The van der Waals surface area contributed by atoms with Crippen LogP contribution in [0.15, 0.2) is 83.4 Å². The first-order chi connectivity index (χ1) is 10.8. The van der Waals surface area contributed by atoms with Crippen LogP contribution < -0.4 is 4.68 Å². The maximum atomic E-state index is 4.45. The topological polar surface area (TPSA) is 33.5 Å². The van der Waals surface area contributed by atoms with Gasteiger partial charge in [0.25, 0.3) is 6.33 Å². The van der Waals surface area contributed by atoms with Crippen LogP contribution in [0.3, 0.4) is 0 Å². The minimum absolute atomic E-state index is 1.01. The minimum Gasteiger partial charge on any atom is -0.105 e. The molecule has 2 aromatic carbocycles. The first-order valence-corrected chi connectivity index (χ1v) is 7.10. The largest absolute Gasteiger partial charge is 0.295 e. The van der Waals surface area contributed by atoms with Crippen LogP contribution in [-0.2, 0) is 0 Å². The summed E-state index contributed by atoms with van der Waals surface area (Å²) in [5, 5.41) is 8.86. The molecule has 3 aromatic rings. The van der Waals surface area contributed by atoms with Crippen LogP contribution in [0.2, 0.25) is 0 Å². The van der Waals surface area contributed by atoms with Crippen LogP contribution in [0.4, 0.5) is 0 Å². The molecule has 1 aromatic heterocycles. The average molecular weight is 289 g/mol. The highest BCUT2D eigenvalue weighted by atomic mass is 15.5. The fraction of sp³-hybridized carbons (Fsp3) is 0.0556. The van der Waals surface area contributed by atoms with Gasteiger partial charge >= 0.3 is 0 Å². The quantitative estimate of drug-likeness (QED) is 0.523. The molecule has 0 bridgehead atoms. The monoisotopic (exact) mass is 289 g/mol. The number of nitrogens with zero attached hydrogens (tertiary/aromatic N) is 4. The van der Waals surface area contributed by atoms with E-state index in [4.69, 9.17) is 0 Å². The Bertz CT molecular complexity index is 786. The van der Waals surface area contributed by atoms with Gasteiger partial charge in [0.15, 0.2) is 11.9 Å². The van der Waals surface area contributed by atoms with Crippen molar-refractivity contribution >= 4 is 12.4 Å². The second-order valence-electron chi connectivity index (χ2n) is 4.92. The van der Waals surface area contributed by atoms with Gasteiger partial charge in [0.05, 0.1) is 12.4 Å². The predicted molar refractivity (Wildman–Crippen MR) is 88.2 cm³/mol. The van der Waals surface area contributed by atoms with Crippen molar-refractivity contribution in [3.63, 3.8) is 0 Å². The maximum Gasteiger partial charge on any atom is 0.295 e. The Morgan fingerprint density at radius 1 is 0.864 bits per heavy atom. The van der Waals surface area contributed by atoms with Gasteiger partial charge in [0.2, 0.25) is 0 Å². The molecule has 0 N–H and O–H groups in total. The fourth-order valence-electron chi connectivity index (χ4n) is 2.01. The van der Waals surface area contributed by atoms with E-state index >= 15 is 0 Å². The van der Waals surface area contributed by atoms with E-state index in [1.807, 2.05) is 92.5 Å². The first kappa shape index (κ1) is 13.9. The molecule has 0 amide bonds. The highest BCUT2D eigenvalue weighted by molar-refractivity contribution is 5.79. The summed E-state index contributed by atoms with van der Waals surface area (Å²) in [7, 11) is 0. The Labute approximate surface area is 129 Å². The van der Waals surface area contributed by atoms with Gasteiger partial charge in [-0.15, -0.1) is 9.35 Å². The summed E-state index contributed by atoms with van der Waals surface area (Å²) < 4.78 is 3.56. The summed E-state index contributed by atoms with van der Waals surface area (Å²) >= 11 is 0. The van der Waals surface area contributed by atoms with E-state index in [9.17, 15) is 0 Å². The van der Waals surface area contributed by atoms with E-state index in [0.717, 1.165) is 16.8 Å². The van der Waals surface area contributed by atoms with E-state index in [2.05, 4.69) is 10.2 Å². The zero-order valence-electron chi connectivity index (χ0n) is 12.4. The van der Waals surface area contributed by atoms with Crippen LogP contribution >= 0.6 is 0 Å². The lowest BCUT2D eigenvalue weighted by Crippen LogP contribution is -2.24. The lowest BCUT2D eigenvalue weighted by molar-refractivity contribution is -0.677. The lowest BCUT2D eigenvalue weighted by atomic mass is 10.2. The highest BCUT2D eigenvalue weighted by Crippen LogP contribution is 1.98. The smallest absolute Gasteiger partial charge is 0.105 e. The first-order valence-electron chi connectivity index (χ1n) is 7.10. The van der Waals surface area contributed by atoms with Crippen molar-refractivity contribution in [1.82, 2.24) is 4.68 Å². The van der Waals surface area contributed by atoms with Crippen LogP contribution in [0.5, 0.6) is 0 Å². The number of aromatic nitrogens is 2. The van der Waals surface area contributed by atoms with Crippen LogP contribution in [-0.4, -0.2) is 17.1 Å². The van der Waals surface area contributed by atoms with Crippen LogP contribution in [0.1, 0.15) is 16.8 Å². The molecule has 0 aliphatic carbocycles. The molecule has 0 radical (unpaired) electrons. The molecule has 4 nitrogen and oxygen atoms in total. The third-order valence-corrected chi connectivity index (χ3v) is 3.18. The molecule has 0 unspecified atom stereocenters.